The van der Waals surface area contributed by atoms with Crippen LogP contribution >= 0.6 is 0 Å². The quantitative estimate of drug-likeness (QED) is 0.583. The van der Waals surface area contributed by atoms with E-state index in [1.165, 1.54) is 6.92 Å². The monoisotopic (exact) mass is 405 g/mol. The molecule has 1 atom stereocenters. The van der Waals surface area contributed by atoms with Gasteiger partial charge in [-0.2, -0.15) is 31.0 Å². The van der Waals surface area contributed by atoms with E-state index >= 15 is 0 Å². The molecule has 13 heteroatoms. The van der Waals surface area contributed by atoms with E-state index in [0.29, 0.717) is 12.1 Å². The molecular formula is C13H10F7N3O2S. The summed E-state index contributed by atoms with van der Waals surface area (Å²) in [7, 11) is 0.753. The van der Waals surface area contributed by atoms with Crippen LogP contribution in [-0.4, -0.2) is 30.8 Å². The van der Waals surface area contributed by atoms with Gasteiger partial charge in [0.15, 0.2) is 4.90 Å². The summed E-state index contributed by atoms with van der Waals surface area (Å²) >= 11 is -2.64. The topological polar surface area (TPSA) is 62.9 Å². The van der Waals surface area contributed by atoms with Crippen LogP contribution in [0.5, 0.6) is 0 Å². The molecule has 144 valence electrons. The smallest absolute Gasteiger partial charge is 0.451 e. The second-order valence-corrected chi connectivity index (χ2v) is 6.67. The van der Waals surface area contributed by atoms with Crippen LogP contribution in [0.2, 0.25) is 0 Å². The Morgan fingerprint density at radius 1 is 1.19 bits per heavy atom. The summed E-state index contributed by atoms with van der Waals surface area (Å²) in [6, 6.07) is 1.30. The molecule has 0 N–H and O–H groups in total. The standard InChI is InChI=1S/C13H10F7N3O2S/c1-6-3-7(14)8(4-9(6)26(25)5-12(15,16)17)23-11(24)22(2)10(21-23)13(18,19)20/h3-4H,5H2,1-2H3. The lowest BCUT2D eigenvalue weighted by Gasteiger charge is -2.15. The average molecular weight is 405 g/mol. The first-order valence-corrected chi connectivity index (χ1v) is 8.03. The Labute approximate surface area is 144 Å². The number of benzene rings is 1. The van der Waals surface area contributed by atoms with Gasteiger partial charge in [-0.15, -0.1) is 5.10 Å². The van der Waals surface area contributed by atoms with Crippen LogP contribution in [0.3, 0.4) is 0 Å². The van der Waals surface area contributed by atoms with E-state index in [0.717, 1.165) is 7.05 Å². The van der Waals surface area contributed by atoms with Crippen molar-refractivity contribution in [3.63, 3.8) is 0 Å². The third-order valence-corrected chi connectivity index (χ3v) is 4.77. The molecule has 0 radical (unpaired) electrons. The molecule has 1 aromatic carbocycles. The molecule has 0 spiro atoms. The maximum atomic E-state index is 14.1. The lowest BCUT2D eigenvalue weighted by atomic mass is 10.2. The lowest BCUT2D eigenvalue weighted by molar-refractivity contribution is -0.147. The number of halogens is 7. The summed E-state index contributed by atoms with van der Waals surface area (Å²) in [5, 5.41) is 3.00. The first-order valence-electron chi connectivity index (χ1n) is 6.71. The number of hydrogen-bond acceptors (Lipinski definition) is 3. The van der Waals surface area contributed by atoms with Gasteiger partial charge in [-0.1, -0.05) is 0 Å². The van der Waals surface area contributed by atoms with Gasteiger partial charge in [-0.25, -0.2) is 9.18 Å². The van der Waals surface area contributed by atoms with Crippen LogP contribution in [-0.2, 0) is 24.4 Å². The van der Waals surface area contributed by atoms with E-state index in [4.69, 9.17) is 0 Å². The number of rotatable bonds is 3. The van der Waals surface area contributed by atoms with Crippen LogP contribution < -0.4 is 5.69 Å². The fraction of sp³-hybridized carbons (Fsp3) is 0.385. The van der Waals surface area contributed by atoms with Crippen molar-refractivity contribution in [2.24, 2.45) is 7.05 Å². The minimum absolute atomic E-state index is 0.0614. The molecule has 1 heterocycles. The van der Waals surface area contributed by atoms with Crippen LogP contribution in [0.1, 0.15) is 11.4 Å². The highest BCUT2D eigenvalue weighted by Crippen LogP contribution is 2.29. The summed E-state index contributed by atoms with van der Waals surface area (Å²) in [5.74, 6) is -4.56. The second-order valence-electron chi connectivity index (χ2n) is 5.25. The Kier molecular flexibility index (Phi) is 5.16. The molecule has 0 fully saturated rings. The molecule has 0 saturated carbocycles. The molecule has 1 aromatic heterocycles. The van der Waals surface area contributed by atoms with Crippen molar-refractivity contribution in [2.75, 3.05) is 5.75 Å². The van der Waals surface area contributed by atoms with Gasteiger partial charge in [-0.05, 0) is 24.2 Å². The zero-order chi connectivity index (χ0) is 20.0. The molecular weight excluding hydrogens is 395 g/mol. The summed E-state index contributed by atoms with van der Waals surface area (Å²) < 4.78 is 102. The number of hydrogen-bond donors (Lipinski definition) is 0. The fourth-order valence-corrected chi connectivity index (χ4v) is 3.23. The van der Waals surface area contributed by atoms with Gasteiger partial charge in [0.2, 0.25) is 11.6 Å². The minimum Gasteiger partial charge on any atom is -0.611 e. The van der Waals surface area contributed by atoms with Crippen molar-refractivity contribution in [3.05, 3.63) is 39.8 Å². The minimum atomic E-state index is -5.01. The molecule has 2 aromatic rings. The van der Waals surface area contributed by atoms with Crippen molar-refractivity contribution in [1.82, 2.24) is 14.3 Å². The number of alkyl halides is 6. The summed E-state index contributed by atoms with van der Waals surface area (Å²) in [5.41, 5.74) is -2.32. The maximum absolute atomic E-state index is 14.1. The Bertz CT molecular complexity index is 886. The SMILES string of the molecule is Cc1cc(F)c(-n2nc(C(F)(F)F)n(C)c2=O)cc1[S+]([O-])CC(F)(F)F. The largest absolute Gasteiger partial charge is 0.611 e. The highest BCUT2D eigenvalue weighted by Gasteiger charge is 2.39. The second kappa shape index (κ2) is 6.61. The van der Waals surface area contributed by atoms with E-state index in [1.54, 1.807) is 0 Å². The first kappa shape index (κ1) is 20.3. The summed E-state index contributed by atoms with van der Waals surface area (Å²) in [6.07, 6.45) is -9.79. The highest BCUT2D eigenvalue weighted by atomic mass is 32.2. The molecule has 0 amide bonds. The molecule has 5 nitrogen and oxygen atoms in total. The van der Waals surface area contributed by atoms with Gasteiger partial charge in [0, 0.05) is 18.7 Å². The Hall–Kier alpha value is -2.02. The molecule has 26 heavy (non-hydrogen) atoms. The van der Waals surface area contributed by atoms with Gasteiger partial charge >= 0.3 is 18.0 Å². The van der Waals surface area contributed by atoms with Gasteiger partial charge in [0.1, 0.15) is 11.5 Å². The van der Waals surface area contributed by atoms with Gasteiger partial charge < -0.3 is 4.55 Å². The van der Waals surface area contributed by atoms with Crippen molar-refractivity contribution in [3.8, 4) is 5.69 Å². The predicted molar refractivity (Wildman–Crippen MR) is 75.8 cm³/mol. The molecule has 0 saturated heterocycles. The zero-order valence-electron chi connectivity index (χ0n) is 13.1. The van der Waals surface area contributed by atoms with Crippen molar-refractivity contribution in [2.45, 2.75) is 24.2 Å². The molecule has 0 aliphatic carbocycles. The van der Waals surface area contributed by atoms with Gasteiger partial charge in [0.05, 0.1) is 0 Å². The molecule has 0 aliphatic rings. The van der Waals surface area contributed by atoms with Crippen molar-refractivity contribution < 1.29 is 35.3 Å². The Morgan fingerprint density at radius 2 is 1.77 bits per heavy atom. The molecule has 0 aliphatic heterocycles. The Morgan fingerprint density at radius 3 is 2.23 bits per heavy atom. The van der Waals surface area contributed by atoms with E-state index in [9.17, 15) is 40.1 Å². The fourth-order valence-electron chi connectivity index (χ4n) is 2.12. The first-order chi connectivity index (χ1) is 11.7. The lowest BCUT2D eigenvalue weighted by Crippen LogP contribution is -2.25. The Balaban J connectivity index is 2.62. The van der Waals surface area contributed by atoms with Gasteiger partial charge in [-0.3, -0.25) is 4.57 Å². The van der Waals surface area contributed by atoms with E-state index in [1.807, 2.05) is 0 Å². The third-order valence-electron chi connectivity index (χ3n) is 3.25. The number of nitrogens with zero attached hydrogens (tertiary/aromatic N) is 3. The van der Waals surface area contributed by atoms with E-state index in [-0.39, 0.29) is 14.8 Å². The van der Waals surface area contributed by atoms with E-state index in [2.05, 4.69) is 5.10 Å². The maximum Gasteiger partial charge on any atom is 0.451 e. The van der Waals surface area contributed by atoms with Crippen LogP contribution in [0.15, 0.2) is 21.8 Å². The van der Waals surface area contributed by atoms with Crippen molar-refractivity contribution >= 4 is 11.2 Å². The van der Waals surface area contributed by atoms with Crippen LogP contribution in [0.4, 0.5) is 30.7 Å². The van der Waals surface area contributed by atoms with Crippen molar-refractivity contribution in [1.29, 1.82) is 0 Å². The number of aryl methyl sites for hydroxylation is 1. The molecule has 2 rings (SSSR count). The van der Waals surface area contributed by atoms with Crippen LogP contribution in [0, 0.1) is 12.7 Å². The zero-order valence-corrected chi connectivity index (χ0v) is 13.9. The van der Waals surface area contributed by atoms with E-state index < -0.39 is 57.2 Å². The normalized spacial score (nSPS) is 13.9. The molecule has 0 bridgehead atoms. The summed E-state index contributed by atoms with van der Waals surface area (Å²) in [6.45, 7) is 1.18. The van der Waals surface area contributed by atoms with Crippen LogP contribution in [0.25, 0.3) is 5.69 Å². The third kappa shape index (κ3) is 4.03. The number of aromatic nitrogens is 3. The molecule has 1 unspecified atom stereocenters. The average Bonchev–Trinajstić information content (AvgIpc) is 2.73. The summed E-state index contributed by atoms with van der Waals surface area (Å²) in [4.78, 5) is 11.5. The highest BCUT2D eigenvalue weighted by molar-refractivity contribution is 7.91. The van der Waals surface area contributed by atoms with Gasteiger partial charge in [0.25, 0.3) is 0 Å². The predicted octanol–water partition coefficient (Wildman–Crippen LogP) is 2.71.